The van der Waals surface area contributed by atoms with Gasteiger partial charge in [-0.05, 0) is 112 Å². The van der Waals surface area contributed by atoms with Crippen LogP contribution >= 0.6 is 0 Å². The van der Waals surface area contributed by atoms with Crippen molar-refractivity contribution in [3.63, 3.8) is 0 Å². The van der Waals surface area contributed by atoms with Gasteiger partial charge < -0.3 is 47.4 Å². The Morgan fingerprint density at radius 1 is 0.844 bits per heavy atom. The topological polar surface area (TPSA) is 191 Å². The van der Waals surface area contributed by atoms with Gasteiger partial charge in [-0.2, -0.15) is 0 Å². The first-order valence-electron chi connectivity index (χ1n) is 28.9. The Morgan fingerprint density at radius 2 is 1.39 bits per heavy atom. The van der Waals surface area contributed by atoms with Crippen LogP contribution < -0.4 is 5.32 Å². The molecule has 1 aromatic rings. The van der Waals surface area contributed by atoms with E-state index < -0.39 is 125 Å². The molecule has 77 heavy (non-hydrogen) atoms. The molecule has 2 saturated carbocycles. The van der Waals surface area contributed by atoms with Gasteiger partial charge in [0.2, 0.25) is 0 Å². The smallest absolute Gasteiger partial charge is 0.408 e. The molecule has 1 amide bonds. The van der Waals surface area contributed by atoms with Crippen molar-refractivity contribution in [1.29, 1.82) is 0 Å². The lowest BCUT2D eigenvalue weighted by molar-refractivity contribution is -0.346. The maximum absolute atomic E-state index is 17.1. The minimum Gasteiger partial charge on any atom is -0.459 e. The standard InChI is InChI=1S/C59H97NO14Si3/c1-19-29-35-45(62)69-52-50-57(18,43(72-75(20-2,21-3)22-4)36-44-58(50,38-67-44)70-40(12)61)51(63)48(73-76(23-5,24-6)25-7)46-39(11)42(37-59(52,66)56(46,16)17)68-53(64)49(74-77(26-8,27-9)28-10)47(41-33-31-30-32-34-41)60-54(65)71-55(13,14)15/h19,30-34,42-44,47-50,52,66H,1,20-29,35-38H2,2-18H3,(H,60,65)/t42-,43-,44+,47-,48+,49+,50-,52-,57+,58-,59+/m0/s1. The lowest BCUT2D eigenvalue weighted by Gasteiger charge is -2.68. The molecule has 3 aliphatic carbocycles. The number of ketones is 1. The van der Waals surface area contributed by atoms with Gasteiger partial charge in [-0.3, -0.25) is 14.4 Å². The number of carbonyl (C=O) groups excluding carboxylic acids is 5. The summed E-state index contributed by atoms with van der Waals surface area (Å²) in [6, 6.07) is 14.3. The van der Waals surface area contributed by atoms with Crippen molar-refractivity contribution in [3.05, 3.63) is 59.7 Å². The molecule has 0 aromatic heterocycles. The second-order valence-corrected chi connectivity index (χ2v) is 38.3. The van der Waals surface area contributed by atoms with Crippen LogP contribution in [0.3, 0.4) is 0 Å². The molecule has 0 unspecified atom stereocenters. The maximum Gasteiger partial charge on any atom is 0.408 e. The summed E-state index contributed by atoms with van der Waals surface area (Å²) < 4.78 is 54.8. The van der Waals surface area contributed by atoms with Gasteiger partial charge in [0.15, 0.2) is 42.4 Å². The molecular formula is C59H97NO14Si3. The van der Waals surface area contributed by atoms with E-state index in [1.54, 1.807) is 26.8 Å². The number of benzene rings is 1. The number of Topliss-reactive ketones (excluding diaryl/α,β-unsaturated/α-hetero) is 1. The first kappa shape index (κ1) is 64.3. The highest BCUT2D eigenvalue weighted by atomic mass is 28.4. The van der Waals surface area contributed by atoms with E-state index in [1.165, 1.54) is 6.92 Å². The van der Waals surface area contributed by atoms with Crippen LogP contribution in [0.15, 0.2) is 54.1 Å². The van der Waals surface area contributed by atoms with Crippen LogP contribution in [-0.4, -0.2) is 120 Å². The fourth-order valence-electron chi connectivity index (χ4n) is 13.4. The fraction of sp³-hybridized carbons (Fsp3) is 0.746. The van der Waals surface area contributed by atoms with Crippen molar-refractivity contribution in [2.75, 3.05) is 6.61 Å². The van der Waals surface area contributed by atoms with Gasteiger partial charge in [-0.25, -0.2) is 9.59 Å². The molecule has 2 bridgehead atoms. The van der Waals surface area contributed by atoms with Gasteiger partial charge >= 0.3 is 24.0 Å². The van der Waals surface area contributed by atoms with E-state index in [2.05, 4.69) is 53.4 Å². The van der Waals surface area contributed by atoms with Crippen LogP contribution in [0.25, 0.3) is 0 Å². The lowest BCUT2D eigenvalue weighted by atomic mass is 9.44. The Kier molecular flexibility index (Phi) is 21.0. The number of alkyl carbamates (subject to hydrolysis) is 1. The van der Waals surface area contributed by atoms with Crippen molar-refractivity contribution in [1.82, 2.24) is 5.32 Å². The highest BCUT2D eigenvalue weighted by molar-refractivity contribution is 6.74. The Balaban J connectivity index is 1.91. The molecule has 18 heteroatoms. The summed E-state index contributed by atoms with van der Waals surface area (Å²) in [6.07, 6.45) is -6.34. The van der Waals surface area contributed by atoms with Crippen molar-refractivity contribution in [2.24, 2.45) is 16.7 Å². The van der Waals surface area contributed by atoms with Crippen LogP contribution in [0.1, 0.15) is 155 Å². The molecule has 1 saturated heterocycles. The number of ether oxygens (including phenoxy) is 5. The average Bonchev–Trinajstić information content (AvgIpc) is 3.42. The number of aliphatic hydroxyl groups is 1. The molecule has 434 valence electrons. The maximum atomic E-state index is 17.1. The molecule has 0 radical (unpaired) electrons. The molecule has 2 N–H and O–H groups in total. The second-order valence-electron chi connectivity index (χ2n) is 24.1. The monoisotopic (exact) mass is 1130 g/mol. The zero-order valence-electron chi connectivity index (χ0n) is 49.9. The van der Waals surface area contributed by atoms with Crippen LogP contribution in [0.4, 0.5) is 4.79 Å². The minimum absolute atomic E-state index is 0.0994. The lowest BCUT2D eigenvalue weighted by Crippen LogP contribution is -2.82. The van der Waals surface area contributed by atoms with Crippen molar-refractivity contribution in [3.8, 4) is 0 Å². The van der Waals surface area contributed by atoms with E-state index in [-0.39, 0.29) is 38.1 Å². The van der Waals surface area contributed by atoms with E-state index in [0.29, 0.717) is 53.0 Å². The highest BCUT2D eigenvalue weighted by Crippen LogP contribution is 2.65. The van der Waals surface area contributed by atoms with E-state index in [1.807, 2.05) is 78.8 Å². The Labute approximate surface area is 464 Å². The number of esters is 3. The van der Waals surface area contributed by atoms with Crippen LogP contribution in [0.5, 0.6) is 0 Å². The second kappa shape index (κ2) is 25.1. The van der Waals surface area contributed by atoms with Crippen molar-refractivity contribution >= 4 is 54.7 Å². The largest absolute Gasteiger partial charge is 0.459 e. The fourth-order valence-corrected chi connectivity index (χ4v) is 21.8. The van der Waals surface area contributed by atoms with Crippen LogP contribution in [0, 0.1) is 16.7 Å². The van der Waals surface area contributed by atoms with Gasteiger partial charge in [0.25, 0.3) is 0 Å². The van der Waals surface area contributed by atoms with E-state index >= 15 is 9.59 Å². The summed E-state index contributed by atoms with van der Waals surface area (Å²) >= 11 is 0. The Morgan fingerprint density at radius 3 is 1.87 bits per heavy atom. The van der Waals surface area contributed by atoms with Gasteiger partial charge in [0.1, 0.15) is 35.6 Å². The SMILES string of the molecule is C=CCCC(=O)O[C@H]1[C@@H]2[C@]3(OC(C)=O)CO[C@@H]3C[C@H](O[Si](CC)(CC)CC)[C@@]2(C)C(=O)[C@H](O[Si](CC)(CC)CC)C2=C(C)[C@@H](OC(=O)[C@H](O[Si](CC)(CC)CC)[C@@H](NC(=O)OC(C)(C)C)c3ccccc3)C[C@]1(O)C2(C)C. The van der Waals surface area contributed by atoms with Gasteiger partial charge in [-0.15, -0.1) is 6.58 Å². The normalized spacial score (nSPS) is 29.0. The molecule has 1 aliphatic heterocycles. The first-order chi connectivity index (χ1) is 36.1. The average molecular weight is 1130 g/mol. The Bertz CT molecular complexity index is 2270. The number of rotatable bonds is 25. The third-order valence-electron chi connectivity index (χ3n) is 19.0. The van der Waals surface area contributed by atoms with Crippen LogP contribution in [0.2, 0.25) is 54.4 Å². The molecule has 4 aliphatic rings. The Hall–Kier alpha value is -3.50. The number of nitrogens with one attached hydrogen (secondary N) is 1. The highest BCUT2D eigenvalue weighted by Gasteiger charge is 2.79. The molecular weight excluding hydrogens is 1030 g/mol. The minimum atomic E-state index is -2.80. The molecule has 1 aromatic carbocycles. The summed E-state index contributed by atoms with van der Waals surface area (Å²) in [6.45, 7) is 36.4. The molecule has 1 heterocycles. The van der Waals surface area contributed by atoms with E-state index in [9.17, 15) is 19.5 Å². The number of amides is 1. The van der Waals surface area contributed by atoms with Gasteiger partial charge in [0, 0.05) is 31.6 Å². The molecule has 3 fully saturated rings. The number of carbonyl (C=O) groups is 5. The summed E-state index contributed by atoms with van der Waals surface area (Å²) in [4.78, 5) is 75.1. The van der Waals surface area contributed by atoms with E-state index in [0.717, 1.165) is 18.1 Å². The molecule has 5 rings (SSSR count). The number of fused-ring (bicyclic) bond motifs is 5. The predicted molar refractivity (Wildman–Crippen MR) is 305 cm³/mol. The summed E-state index contributed by atoms with van der Waals surface area (Å²) in [7, 11) is -8.11. The molecule has 0 spiro atoms. The molecule has 11 atom stereocenters. The molecule has 15 nitrogen and oxygen atoms in total. The summed E-state index contributed by atoms with van der Waals surface area (Å²) in [5, 5.41) is 17.6. The van der Waals surface area contributed by atoms with Crippen LogP contribution in [-0.2, 0) is 56.1 Å². The zero-order valence-corrected chi connectivity index (χ0v) is 52.9. The van der Waals surface area contributed by atoms with Gasteiger partial charge in [0.05, 0.1) is 30.1 Å². The van der Waals surface area contributed by atoms with Crippen molar-refractivity contribution in [2.45, 2.75) is 257 Å². The predicted octanol–water partition coefficient (Wildman–Crippen LogP) is 12.0. The third kappa shape index (κ3) is 12.4. The summed E-state index contributed by atoms with van der Waals surface area (Å²) in [5.74, 6) is -3.71. The quantitative estimate of drug-likeness (QED) is 0.0407. The zero-order chi connectivity index (χ0) is 57.7. The number of hydrogen-bond donors (Lipinski definition) is 2. The number of allylic oxidation sites excluding steroid dienone is 1. The first-order valence-corrected chi connectivity index (χ1v) is 36.5. The van der Waals surface area contributed by atoms with Crippen molar-refractivity contribution < 1.29 is 66.0 Å². The summed E-state index contributed by atoms with van der Waals surface area (Å²) in [5.41, 5.74) is -6.22. The number of hydrogen-bond acceptors (Lipinski definition) is 14. The van der Waals surface area contributed by atoms with E-state index in [4.69, 9.17) is 37.0 Å². The van der Waals surface area contributed by atoms with Gasteiger partial charge in [-0.1, -0.05) is 113 Å². The third-order valence-corrected chi connectivity index (χ3v) is 32.9.